The van der Waals surface area contributed by atoms with E-state index in [9.17, 15) is 4.79 Å². The van der Waals surface area contributed by atoms with Crippen molar-refractivity contribution in [2.24, 2.45) is 7.05 Å². The lowest BCUT2D eigenvalue weighted by Gasteiger charge is -2.09. The fourth-order valence-electron chi connectivity index (χ4n) is 3.07. The lowest BCUT2D eigenvalue weighted by molar-refractivity contribution is 0.102. The summed E-state index contributed by atoms with van der Waals surface area (Å²) in [6.45, 7) is 8.19. The molecule has 4 nitrogen and oxygen atoms in total. The van der Waals surface area contributed by atoms with E-state index >= 15 is 0 Å². The third kappa shape index (κ3) is 3.69. The summed E-state index contributed by atoms with van der Waals surface area (Å²) in [6, 6.07) is 13.8. The van der Waals surface area contributed by atoms with Crippen LogP contribution in [0.1, 0.15) is 44.0 Å². The zero-order chi connectivity index (χ0) is 18.8. The Morgan fingerprint density at radius 3 is 2.27 bits per heavy atom. The Balaban J connectivity index is 1.71. The van der Waals surface area contributed by atoms with Gasteiger partial charge in [0.15, 0.2) is 0 Å². The summed E-state index contributed by atoms with van der Waals surface area (Å²) in [6.07, 6.45) is 0.844. The van der Waals surface area contributed by atoms with Crippen LogP contribution in [-0.2, 0) is 13.5 Å². The second kappa shape index (κ2) is 7.16. The van der Waals surface area contributed by atoms with E-state index < -0.39 is 0 Å². The smallest absolute Gasteiger partial charge is 0.255 e. The molecule has 4 heteroatoms. The first-order valence-electron chi connectivity index (χ1n) is 8.82. The first-order chi connectivity index (χ1) is 12.3. The number of hydrogen-bond donors (Lipinski definition) is 1. The SMILES string of the molecule is Cc1ccc(C(=O)Nc2ccc(Cc3c(C)nn(C)c3C)cc2)cc1C. The highest BCUT2D eigenvalue weighted by atomic mass is 16.1. The molecule has 2 aromatic carbocycles. The van der Waals surface area contributed by atoms with Gasteiger partial charge in [0, 0.05) is 36.0 Å². The van der Waals surface area contributed by atoms with Crippen molar-refractivity contribution in [3.63, 3.8) is 0 Å². The molecule has 0 unspecified atom stereocenters. The molecule has 3 rings (SSSR count). The first kappa shape index (κ1) is 17.9. The van der Waals surface area contributed by atoms with Gasteiger partial charge in [-0.1, -0.05) is 18.2 Å². The predicted octanol–water partition coefficient (Wildman–Crippen LogP) is 4.50. The lowest BCUT2D eigenvalue weighted by Crippen LogP contribution is -2.12. The molecule has 26 heavy (non-hydrogen) atoms. The fourth-order valence-corrected chi connectivity index (χ4v) is 3.07. The summed E-state index contributed by atoms with van der Waals surface area (Å²) in [5, 5.41) is 7.44. The second-order valence-electron chi connectivity index (χ2n) is 6.90. The van der Waals surface area contributed by atoms with Crippen LogP contribution in [0, 0.1) is 27.7 Å². The van der Waals surface area contributed by atoms with Gasteiger partial charge in [-0.3, -0.25) is 9.48 Å². The number of rotatable bonds is 4. The number of aromatic nitrogens is 2. The topological polar surface area (TPSA) is 46.9 Å². The van der Waals surface area contributed by atoms with Crippen molar-refractivity contribution in [3.05, 3.63) is 81.7 Å². The van der Waals surface area contributed by atoms with Crippen LogP contribution in [0.25, 0.3) is 0 Å². The number of nitrogens with one attached hydrogen (secondary N) is 1. The van der Waals surface area contributed by atoms with Crippen molar-refractivity contribution < 1.29 is 4.79 Å². The van der Waals surface area contributed by atoms with E-state index in [-0.39, 0.29) is 5.91 Å². The van der Waals surface area contributed by atoms with Crippen molar-refractivity contribution in [2.75, 3.05) is 5.32 Å². The number of carbonyl (C=O) groups excluding carboxylic acids is 1. The highest BCUT2D eigenvalue weighted by Crippen LogP contribution is 2.19. The number of aryl methyl sites for hydroxylation is 4. The van der Waals surface area contributed by atoms with Crippen molar-refractivity contribution >= 4 is 11.6 Å². The average Bonchev–Trinajstić information content (AvgIpc) is 2.85. The molecule has 1 heterocycles. The predicted molar refractivity (Wildman–Crippen MR) is 106 cm³/mol. The molecule has 0 saturated carbocycles. The van der Waals surface area contributed by atoms with Gasteiger partial charge >= 0.3 is 0 Å². The molecule has 0 aliphatic carbocycles. The van der Waals surface area contributed by atoms with E-state index in [1.165, 1.54) is 22.4 Å². The largest absolute Gasteiger partial charge is 0.322 e. The Labute approximate surface area is 154 Å². The number of nitrogens with zero attached hydrogens (tertiary/aromatic N) is 2. The second-order valence-corrected chi connectivity index (χ2v) is 6.90. The molecule has 1 N–H and O–H groups in total. The molecule has 0 fully saturated rings. The van der Waals surface area contributed by atoms with Gasteiger partial charge in [-0.25, -0.2) is 0 Å². The van der Waals surface area contributed by atoms with E-state index in [0.717, 1.165) is 23.4 Å². The Kier molecular flexibility index (Phi) is 4.94. The van der Waals surface area contributed by atoms with Crippen LogP contribution in [0.4, 0.5) is 5.69 Å². The quantitative estimate of drug-likeness (QED) is 0.755. The van der Waals surface area contributed by atoms with E-state index in [1.54, 1.807) is 0 Å². The molecule has 3 aromatic rings. The monoisotopic (exact) mass is 347 g/mol. The summed E-state index contributed by atoms with van der Waals surface area (Å²) in [7, 11) is 1.97. The van der Waals surface area contributed by atoms with Crippen LogP contribution in [-0.4, -0.2) is 15.7 Å². The van der Waals surface area contributed by atoms with Crippen LogP contribution in [0.2, 0.25) is 0 Å². The number of anilines is 1. The van der Waals surface area contributed by atoms with E-state index in [1.807, 2.05) is 62.8 Å². The first-order valence-corrected chi connectivity index (χ1v) is 8.82. The Bertz CT molecular complexity index is 952. The van der Waals surface area contributed by atoms with E-state index in [4.69, 9.17) is 0 Å². The van der Waals surface area contributed by atoms with E-state index in [2.05, 4.69) is 29.5 Å². The van der Waals surface area contributed by atoms with Crippen LogP contribution >= 0.6 is 0 Å². The van der Waals surface area contributed by atoms with Gasteiger partial charge in [-0.2, -0.15) is 5.10 Å². The Morgan fingerprint density at radius 2 is 1.69 bits per heavy atom. The molecule has 0 saturated heterocycles. The number of carbonyl (C=O) groups is 1. The molecule has 0 radical (unpaired) electrons. The van der Waals surface area contributed by atoms with Crippen LogP contribution in [0.15, 0.2) is 42.5 Å². The normalized spacial score (nSPS) is 10.8. The Morgan fingerprint density at radius 1 is 1.00 bits per heavy atom. The maximum absolute atomic E-state index is 12.4. The molecule has 134 valence electrons. The van der Waals surface area contributed by atoms with Gasteiger partial charge in [0.25, 0.3) is 5.91 Å². The van der Waals surface area contributed by atoms with E-state index in [0.29, 0.717) is 5.56 Å². The minimum atomic E-state index is -0.0835. The summed E-state index contributed by atoms with van der Waals surface area (Å²) in [5.41, 5.74) is 8.51. The van der Waals surface area contributed by atoms with Crippen LogP contribution in [0.3, 0.4) is 0 Å². The maximum Gasteiger partial charge on any atom is 0.255 e. The Hall–Kier alpha value is -2.88. The summed E-state index contributed by atoms with van der Waals surface area (Å²) in [4.78, 5) is 12.4. The minimum absolute atomic E-state index is 0.0835. The van der Waals surface area contributed by atoms with Crippen molar-refractivity contribution in [1.82, 2.24) is 9.78 Å². The number of amides is 1. The lowest BCUT2D eigenvalue weighted by atomic mass is 10.0. The standard InChI is InChI=1S/C22H25N3O/c1-14-6-9-19(12-15(14)2)22(26)23-20-10-7-18(8-11-20)13-21-16(3)24-25(5)17(21)4/h6-12H,13H2,1-5H3,(H,23,26). The summed E-state index contributed by atoms with van der Waals surface area (Å²) < 4.78 is 1.92. The van der Waals surface area contributed by atoms with Gasteiger partial charge in [0.1, 0.15) is 0 Å². The van der Waals surface area contributed by atoms with Crippen LogP contribution < -0.4 is 5.32 Å². The van der Waals surface area contributed by atoms with Gasteiger partial charge in [0.2, 0.25) is 0 Å². The number of benzene rings is 2. The van der Waals surface area contributed by atoms with Gasteiger partial charge in [-0.05, 0) is 68.7 Å². The molecule has 0 aliphatic heterocycles. The number of hydrogen-bond acceptors (Lipinski definition) is 2. The zero-order valence-corrected chi connectivity index (χ0v) is 16.1. The molecular formula is C22H25N3O. The molecule has 1 aromatic heterocycles. The maximum atomic E-state index is 12.4. The van der Waals surface area contributed by atoms with Crippen molar-refractivity contribution in [1.29, 1.82) is 0 Å². The minimum Gasteiger partial charge on any atom is -0.322 e. The summed E-state index contributed by atoms with van der Waals surface area (Å²) >= 11 is 0. The molecule has 0 spiro atoms. The molecular weight excluding hydrogens is 322 g/mol. The summed E-state index contributed by atoms with van der Waals surface area (Å²) in [5.74, 6) is -0.0835. The third-order valence-electron chi connectivity index (χ3n) is 5.02. The van der Waals surface area contributed by atoms with Gasteiger partial charge in [-0.15, -0.1) is 0 Å². The zero-order valence-electron chi connectivity index (χ0n) is 16.1. The molecule has 0 aliphatic rings. The van der Waals surface area contributed by atoms with Crippen molar-refractivity contribution in [2.45, 2.75) is 34.1 Å². The fraction of sp³-hybridized carbons (Fsp3) is 0.273. The van der Waals surface area contributed by atoms with Gasteiger partial charge in [0.05, 0.1) is 5.69 Å². The van der Waals surface area contributed by atoms with Gasteiger partial charge < -0.3 is 5.32 Å². The average molecular weight is 347 g/mol. The highest BCUT2D eigenvalue weighted by molar-refractivity contribution is 6.04. The molecule has 1 amide bonds. The highest BCUT2D eigenvalue weighted by Gasteiger charge is 2.11. The third-order valence-corrected chi connectivity index (χ3v) is 5.02. The molecule has 0 atom stereocenters. The van der Waals surface area contributed by atoms with Crippen LogP contribution in [0.5, 0.6) is 0 Å². The van der Waals surface area contributed by atoms with Crippen molar-refractivity contribution in [3.8, 4) is 0 Å². The molecule has 0 bridgehead atoms.